The first-order chi connectivity index (χ1) is 14.6. The zero-order valence-corrected chi connectivity index (χ0v) is 17.7. The number of hydrogen-bond acceptors (Lipinski definition) is 3. The number of carbonyl (C=O) groups excluding carboxylic acids is 2. The monoisotopic (exact) mass is 406 g/mol. The van der Waals surface area contributed by atoms with Crippen molar-refractivity contribution in [1.29, 1.82) is 0 Å². The SMILES string of the molecule is Cc1cccc(C(=O)N2CCCC(COc3ccc(C(=O)N4CCCC4)cc3)C2)c1. The maximum absolute atomic E-state index is 12.8. The molecular weight excluding hydrogens is 376 g/mol. The number of ether oxygens (including phenoxy) is 1. The Morgan fingerprint density at radius 2 is 1.60 bits per heavy atom. The fraction of sp³-hybridized carbons (Fsp3) is 0.440. The van der Waals surface area contributed by atoms with Crippen molar-refractivity contribution < 1.29 is 14.3 Å². The lowest BCUT2D eigenvalue weighted by atomic mass is 9.98. The van der Waals surface area contributed by atoms with Crippen molar-refractivity contribution in [3.05, 3.63) is 65.2 Å². The number of carbonyl (C=O) groups is 2. The van der Waals surface area contributed by atoms with Gasteiger partial charge in [-0.25, -0.2) is 0 Å². The van der Waals surface area contributed by atoms with Crippen LogP contribution in [-0.2, 0) is 0 Å². The second kappa shape index (κ2) is 9.33. The van der Waals surface area contributed by atoms with E-state index in [1.807, 2.05) is 65.3 Å². The van der Waals surface area contributed by atoms with E-state index < -0.39 is 0 Å². The van der Waals surface area contributed by atoms with Crippen molar-refractivity contribution in [3.63, 3.8) is 0 Å². The van der Waals surface area contributed by atoms with E-state index in [9.17, 15) is 9.59 Å². The van der Waals surface area contributed by atoms with E-state index in [0.717, 1.165) is 74.3 Å². The highest BCUT2D eigenvalue weighted by atomic mass is 16.5. The van der Waals surface area contributed by atoms with E-state index in [2.05, 4.69) is 0 Å². The highest BCUT2D eigenvalue weighted by molar-refractivity contribution is 5.95. The average Bonchev–Trinajstić information content (AvgIpc) is 3.32. The standard InChI is InChI=1S/C25H30N2O3/c1-19-6-4-8-22(16-19)25(29)27-15-5-7-20(17-27)18-30-23-11-9-21(10-12-23)24(28)26-13-2-3-14-26/h4,6,8-12,16,20H,2-3,5,7,13-15,17-18H2,1H3. The van der Waals surface area contributed by atoms with E-state index in [1.165, 1.54) is 0 Å². The van der Waals surface area contributed by atoms with Gasteiger partial charge in [-0.1, -0.05) is 17.7 Å². The first-order valence-corrected chi connectivity index (χ1v) is 11.0. The van der Waals surface area contributed by atoms with Crippen LogP contribution in [0.4, 0.5) is 0 Å². The van der Waals surface area contributed by atoms with Crippen molar-refractivity contribution in [3.8, 4) is 5.75 Å². The van der Waals surface area contributed by atoms with E-state index in [0.29, 0.717) is 12.5 Å². The van der Waals surface area contributed by atoms with Crippen LogP contribution in [0, 0.1) is 12.8 Å². The van der Waals surface area contributed by atoms with Crippen LogP contribution < -0.4 is 4.74 Å². The molecule has 2 aromatic rings. The average molecular weight is 407 g/mol. The number of benzene rings is 2. The van der Waals surface area contributed by atoms with Gasteiger partial charge in [-0.3, -0.25) is 9.59 Å². The van der Waals surface area contributed by atoms with Gasteiger partial charge in [0, 0.05) is 43.2 Å². The van der Waals surface area contributed by atoms with Crippen LogP contribution in [0.1, 0.15) is 52.0 Å². The van der Waals surface area contributed by atoms with E-state index in [4.69, 9.17) is 4.74 Å². The first kappa shape index (κ1) is 20.5. The molecule has 2 aliphatic rings. The van der Waals surface area contributed by atoms with Gasteiger partial charge in [0.05, 0.1) is 6.61 Å². The number of amides is 2. The summed E-state index contributed by atoms with van der Waals surface area (Å²) in [5, 5.41) is 0. The largest absolute Gasteiger partial charge is 0.493 e. The Hall–Kier alpha value is -2.82. The third-order valence-electron chi connectivity index (χ3n) is 6.05. The first-order valence-electron chi connectivity index (χ1n) is 11.0. The van der Waals surface area contributed by atoms with E-state index >= 15 is 0 Å². The number of likely N-dealkylation sites (tertiary alicyclic amines) is 2. The number of hydrogen-bond donors (Lipinski definition) is 0. The maximum atomic E-state index is 12.8. The van der Waals surface area contributed by atoms with E-state index in [-0.39, 0.29) is 11.8 Å². The summed E-state index contributed by atoms with van der Waals surface area (Å²) in [6, 6.07) is 15.2. The summed E-state index contributed by atoms with van der Waals surface area (Å²) in [7, 11) is 0. The fourth-order valence-corrected chi connectivity index (χ4v) is 4.36. The Balaban J connectivity index is 1.30. The van der Waals surface area contributed by atoms with Gasteiger partial charge in [0.25, 0.3) is 11.8 Å². The summed E-state index contributed by atoms with van der Waals surface area (Å²) in [6.45, 7) is 5.83. The molecule has 0 aromatic heterocycles. The van der Waals surface area contributed by atoms with Crippen LogP contribution in [0.25, 0.3) is 0 Å². The van der Waals surface area contributed by atoms with Crippen molar-refractivity contribution in [2.75, 3.05) is 32.8 Å². The maximum Gasteiger partial charge on any atom is 0.253 e. The Bertz CT molecular complexity index is 888. The van der Waals surface area contributed by atoms with Crippen LogP contribution in [0.15, 0.2) is 48.5 Å². The quantitative estimate of drug-likeness (QED) is 0.749. The fourth-order valence-electron chi connectivity index (χ4n) is 4.36. The van der Waals surface area contributed by atoms with Crippen LogP contribution in [0.3, 0.4) is 0 Å². The summed E-state index contributed by atoms with van der Waals surface area (Å²) in [5.74, 6) is 1.30. The molecular formula is C25H30N2O3. The van der Waals surface area contributed by atoms with Crippen molar-refractivity contribution in [2.24, 2.45) is 5.92 Å². The topological polar surface area (TPSA) is 49.9 Å². The lowest BCUT2D eigenvalue weighted by Crippen LogP contribution is -2.41. The minimum absolute atomic E-state index is 0.105. The molecule has 2 aromatic carbocycles. The zero-order chi connectivity index (χ0) is 20.9. The molecule has 0 N–H and O–H groups in total. The van der Waals surface area contributed by atoms with Crippen molar-refractivity contribution in [1.82, 2.24) is 9.80 Å². The molecule has 4 rings (SSSR count). The molecule has 0 bridgehead atoms. The third-order valence-corrected chi connectivity index (χ3v) is 6.05. The molecule has 5 heteroatoms. The molecule has 5 nitrogen and oxygen atoms in total. The molecule has 0 spiro atoms. The number of aryl methyl sites for hydroxylation is 1. The van der Waals surface area contributed by atoms with Crippen molar-refractivity contribution >= 4 is 11.8 Å². The molecule has 158 valence electrons. The van der Waals surface area contributed by atoms with Gasteiger partial charge in [-0.2, -0.15) is 0 Å². The Labute approximate surface area is 178 Å². The normalized spacial score (nSPS) is 19.0. The lowest BCUT2D eigenvalue weighted by molar-refractivity contribution is 0.0633. The summed E-state index contributed by atoms with van der Waals surface area (Å²) in [4.78, 5) is 29.1. The molecule has 30 heavy (non-hydrogen) atoms. The Morgan fingerprint density at radius 3 is 2.33 bits per heavy atom. The Kier molecular flexibility index (Phi) is 6.36. The van der Waals surface area contributed by atoms with Crippen LogP contribution in [0.5, 0.6) is 5.75 Å². The molecule has 1 unspecified atom stereocenters. The molecule has 2 aliphatic heterocycles. The second-order valence-electron chi connectivity index (χ2n) is 8.46. The molecule has 1 atom stereocenters. The van der Waals surface area contributed by atoms with Gasteiger partial charge < -0.3 is 14.5 Å². The molecule has 2 fully saturated rings. The number of piperidine rings is 1. The minimum Gasteiger partial charge on any atom is -0.493 e. The molecule has 0 saturated carbocycles. The predicted molar refractivity (Wildman–Crippen MR) is 117 cm³/mol. The molecule has 2 amide bonds. The highest BCUT2D eigenvalue weighted by Gasteiger charge is 2.25. The second-order valence-corrected chi connectivity index (χ2v) is 8.46. The van der Waals surface area contributed by atoms with Gasteiger partial charge in [0.2, 0.25) is 0 Å². The smallest absolute Gasteiger partial charge is 0.253 e. The molecule has 0 aliphatic carbocycles. The predicted octanol–water partition coefficient (Wildman–Crippen LogP) is 4.16. The summed E-state index contributed by atoms with van der Waals surface area (Å²) >= 11 is 0. The lowest BCUT2D eigenvalue weighted by Gasteiger charge is -2.32. The van der Waals surface area contributed by atoms with Crippen molar-refractivity contribution in [2.45, 2.75) is 32.6 Å². The van der Waals surface area contributed by atoms with Gasteiger partial charge in [-0.05, 0) is 69.0 Å². The third kappa shape index (κ3) is 4.84. The van der Waals surface area contributed by atoms with Gasteiger partial charge in [0.15, 0.2) is 0 Å². The van der Waals surface area contributed by atoms with Crippen LogP contribution in [-0.4, -0.2) is 54.4 Å². The summed E-state index contributed by atoms with van der Waals surface area (Å²) < 4.78 is 6.00. The Morgan fingerprint density at radius 1 is 0.900 bits per heavy atom. The van der Waals surface area contributed by atoms with E-state index in [1.54, 1.807) is 0 Å². The summed E-state index contributed by atoms with van der Waals surface area (Å²) in [5.41, 5.74) is 2.58. The molecule has 2 heterocycles. The van der Waals surface area contributed by atoms with Gasteiger partial charge >= 0.3 is 0 Å². The number of nitrogens with zero attached hydrogens (tertiary/aromatic N) is 2. The van der Waals surface area contributed by atoms with Gasteiger partial charge in [0.1, 0.15) is 5.75 Å². The zero-order valence-electron chi connectivity index (χ0n) is 17.7. The van der Waals surface area contributed by atoms with Crippen LogP contribution >= 0.6 is 0 Å². The highest BCUT2D eigenvalue weighted by Crippen LogP contribution is 2.22. The molecule has 0 radical (unpaired) electrons. The summed E-state index contributed by atoms with van der Waals surface area (Å²) in [6.07, 6.45) is 4.24. The van der Waals surface area contributed by atoms with Gasteiger partial charge in [-0.15, -0.1) is 0 Å². The van der Waals surface area contributed by atoms with Crippen LogP contribution in [0.2, 0.25) is 0 Å². The molecule has 2 saturated heterocycles. The minimum atomic E-state index is 0.105. The number of rotatable bonds is 5.